The van der Waals surface area contributed by atoms with Crippen molar-refractivity contribution >= 4 is 31.9 Å². The van der Waals surface area contributed by atoms with Crippen LogP contribution < -0.4 is 0 Å². The maximum Gasteiger partial charge on any atom is 0.0102 e. The molecule has 0 N–H and O–H groups in total. The summed E-state index contributed by atoms with van der Waals surface area (Å²) in [5.74, 6) is 0.868. The first-order valence-corrected chi connectivity index (χ1v) is 9.53. The molecule has 0 radical (unpaired) electrons. The molecule has 0 aromatic heterocycles. The molecule has 2 rings (SSSR count). The minimum absolute atomic E-state index is 0.387. The molecule has 2 heteroatoms. The summed E-state index contributed by atoms with van der Waals surface area (Å²) >= 11 is 7.61. The third-order valence-electron chi connectivity index (χ3n) is 4.88. The summed E-state index contributed by atoms with van der Waals surface area (Å²) < 4.78 is 0. The van der Waals surface area contributed by atoms with E-state index >= 15 is 0 Å². The highest BCUT2D eigenvalue weighted by molar-refractivity contribution is 9.09. The maximum absolute atomic E-state index is 3.80. The van der Waals surface area contributed by atoms with Gasteiger partial charge in [0.15, 0.2) is 0 Å². The monoisotopic (exact) mass is 386 g/mol. The number of alkyl halides is 2. The molecule has 0 spiro atoms. The number of benzene rings is 1. The highest BCUT2D eigenvalue weighted by Gasteiger charge is 2.38. The zero-order valence-electron chi connectivity index (χ0n) is 12.0. The molecule has 1 fully saturated rings. The van der Waals surface area contributed by atoms with Gasteiger partial charge in [0.05, 0.1) is 0 Å². The normalized spacial score (nSPS) is 17.1. The molecular weight excluding hydrogens is 364 g/mol. The molecule has 1 aliphatic carbocycles. The molecule has 0 unspecified atom stereocenters. The van der Waals surface area contributed by atoms with Crippen LogP contribution in [0, 0.1) is 25.2 Å². The minimum atomic E-state index is 0.387. The highest BCUT2D eigenvalue weighted by atomic mass is 79.9. The zero-order valence-corrected chi connectivity index (χ0v) is 15.2. The Morgan fingerprint density at radius 2 is 1.68 bits per heavy atom. The van der Waals surface area contributed by atoms with Crippen LogP contribution >= 0.6 is 31.9 Å². The van der Waals surface area contributed by atoms with Crippen LogP contribution in [0.5, 0.6) is 0 Å². The molecule has 0 saturated heterocycles. The van der Waals surface area contributed by atoms with Crippen molar-refractivity contribution in [1.29, 1.82) is 0 Å². The van der Waals surface area contributed by atoms with Gasteiger partial charge in [0.25, 0.3) is 0 Å². The molecule has 0 aliphatic heterocycles. The summed E-state index contributed by atoms with van der Waals surface area (Å²) in [6, 6.07) is 6.97. The Hall–Kier alpha value is 0.180. The van der Waals surface area contributed by atoms with Gasteiger partial charge in [0.2, 0.25) is 0 Å². The van der Waals surface area contributed by atoms with E-state index in [1.165, 1.54) is 48.8 Å². The maximum atomic E-state index is 3.80. The van der Waals surface area contributed by atoms with E-state index in [2.05, 4.69) is 63.9 Å². The topological polar surface area (TPSA) is 0 Å². The average molecular weight is 388 g/mol. The summed E-state index contributed by atoms with van der Waals surface area (Å²) in [5.41, 5.74) is 4.70. The molecule has 0 nitrogen and oxygen atoms in total. The lowest BCUT2D eigenvalue weighted by molar-refractivity contribution is 0.233. The molecule has 1 aromatic rings. The second-order valence-corrected chi connectivity index (χ2v) is 7.33. The molecule has 0 amide bonds. The van der Waals surface area contributed by atoms with Gasteiger partial charge in [-0.3, -0.25) is 0 Å². The van der Waals surface area contributed by atoms with E-state index in [-0.39, 0.29) is 0 Å². The van der Waals surface area contributed by atoms with Crippen molar-refractivity contribution in [1.82, 2.24) is 0 Å². The molecule has 1 saturated carbocycles. The predicted octanol–water partition coefficient (Wildman–Crippen LogP) is 5.81. The Balaban J connectivity index is 2.21. The summed E-state index contributed by atoms with van der Waals surface area (Å²) in [6.45, 7) is 4.41. The fraction of sp³-hybridized carbons (Fsp3) is 0.647. The first-order valence-electron chi connectivity index (χ1n) is 7.29. The molecule has 0 heterocycles. The summed E-state index contributed by atoms with van der Waals surface area (Å²) in [6.07, 6.45) is 6.83. The Morgan fingerprint density at radius 1 is 1.05 bits per heavy atom. The molecule has 0 bridgehead atoms. The van der Waals surface area contributed by atoms with Crippen LogP contribution in [0.25, 0.3) is 0 Å². The van der Waals surface area contributed by atoms with E-state index in [0.717, 1.165) is 16.6 Å². The minimum Gasteiger partial charge on any atom is -0.0921 e. The lowest BCUT2D eigenvalue weighted by Crippen LogP contribution is -2.35. The van der Waals surface area contributed by atoms with Crippen molar-refractivity contribution in [2.75, 3.05) is 10.7 Å². The van der Waals surface area contributed by atoms with Gasteiger partial charge >= 0.3 is 0 Å². The van der Waals surface area contributed by atoms with Gasteiger partial charge in [-0.25, -0.2) is 0 Å². The van der Waals surface area contributed by atoms with Crippen molar-refractivity contribution < 1.29 is 0 Å². The molecule has 1 aliphatic rings. The van der Waals surface area contributed by atoms with Crippen molar-refractivity contribution in [3.63, 3.8) is 0 Å². The van der Waals surface area contributed by atoms with Gasteiger partial charge < -0.3 is 0 Å². The largest absolute Gasteiger partial charge is 0.0921 e. The third kappa shape index (κ3) is 3.44. The van der Waals surface area contributed by atoms with E-state index in [1.807, 2.05) is 0 Å². The number of hydrogen-bond donors (Lipinski definition) is 0. The first-order chi connectivity index (χ1) is 9.11. The summed E-state index contributed by atoms with van der Waals surface area (Å²) in [4.78, 5) is 0. The zero-order chi connectivity index (χ0) is 13.9. The van der Waals surface area contributed by atoms with Gasteiger partial charge in [-0.2, -0.15) is 0 Å². The third-order valence-corrected chi connectivity index (χ3v) is 7.11. The lowest BCUT2D eigenvalue weighted by Gasteiger charge is -2.36. The van der Waals surface area contributed by atoms with Crippen molar-refractivity contribution in [3.8, 4) is 0 Å². The van der Waals surface area contributed by atoms with E-state index in [4.69, 9.17) is 0 Å². The van der Waals surface area contributed by atoms with Gasteiger partial charge in [-0.1, -0.05) is 62.9 Å². The van der Waals surface area contributed by atoms with E-state index in [1.54, 1.807) is 0 Å². The van der Waals surface area contributed by atoms with Gasteiger partial charge in [-0.15, -0.1) is 0 Å². The fourth-order valence-electron chi connectivity index (χ4n) is 3.35. The molecule has 106 valence electrons. The Kier molecular flexibility index (Phi) is 5.54. The lowest BCUT2D eigenvalue weighted by atomic mass is 9.73. The predicted molar refractivity (Wildman–Crippen MR) is 91.6 cm³/mol. The number of aryl methyl sites for hydroxylation is 2. The Labute approximate surface area is 134 Å². The molecule has 19 heavy (non-hydrogen) atoms. The van der Waals surface area contributed by atoms with Crippen molar-refractivity contribution in [2.45, 2.75) is 46.0 Å². The Bertz CT molecular complexity index is 415. The second kappa shape index (κ2) is 6.76. The quantitative estimate of drug-likeness (QED) is 0.559. The number of rotatable bonds is 5. The van der Waals surface area contributed by atoms with Crippen LogP contribution in [-0.4, -0.2) is 10.7 Å². The van der Waals surface area contributed by atoms with Crippen LogP contribution in [-0.2, 0) is 6.42 Å². The van der Waals surface area contributed by atoms with Crippen molar-refractivity contribution in [3.05, 3.63) is 34.9 Å². The van der Waals surface area contributed by atoms with Crippen molar-refractivity contribution in [2.24, 2.45) is 11.3 Å². The van der Waals surface area contributed by atoms with Crippen LogP contribution in [0.15, 0.2) is 18.2 Å². The summed E-state index contributed by atoms with van der Waals surface area (Å²) in [5, 5.41) is 2.20. The van der Waals surface area contributed by atoms with Gasteiger partial charge in [-0.05, 0) is 61.1 Å². The van der Waals surface area contributed by atoms with Crippen LogP contribution in [0.1, 0.15) is 42.4 Å². The van der Waals surface area contributed by atoms with Crippen LogP contribution in [0.2, 0.25) is 0 Å². The highest BCUT2D eigenvalue weighted by Crippen LogP contribution is 2.44. The van der Waals surface area contributed by atoms with Gasteiger partial charge in [0.1, 0.15) is 0 Å². The smallest absolute Gasteiger partial charge is 0.0102 e. The second-order valence-electron chi connectivity index (χ2n) is 6.21. The molecule has 1 aromatic carbocycles. The standard InChI is InChI=1S/C17H24Br2/c1-13-7-8-15(9-14(13)2)10-17(11-18,12-19)16-5-3-4-6-16/h7-9,16H,3-6,10-12H2,1-2H3. The summed E-state index contributed by atoms with van der Waals surface area (Å²) in [7, 11) is 0. The van der Waals surface area contributed by atoms with E-state index in [9.17, 15) is 0 Å². The molecule has 0 atom stereocenters. The Morgan fingerprint density at radius 3 is 2.21 bits per heavy atom. The van der Waals surface area contributed by atoms with E-state index < -0.39 is 0 Å². The van der Waals surface area contributed by atoms with Crippen LogP contribution in [0.3, 0.4) is 0 Å². The number of hydrogen-bond acceptors (Lipinski definition) is 0. The molecular formula is C17H24Br2. The van der Waals surface area contributed by atoms with Gasteiger partial charge in [0, 0.05) is 10.7 Å². The first kappa shape index (κ1) is 15.6. The average Bonchev–Trinajstić information content (AvgIpc) is 2.95. The van der Waals surface area contributed by atoms with Crippen LogP contribution in [0.4, 0.5) is 0 Å². The SMILES string of the molecule is Cc1ccc(CC(CBr)(CBr)C2CCCC2)cc1C. The fourth-order valence-corrected chi connectivity index (χ4v) is 5.59. The van der Waals surface area contributed by atoms with E-state index in [0.29, 0.717) is 5.41 Å². The number of halogens is 2.